The van der Waals surface area contributed by atoms with Crippen LogP contribution in [0.5, 0.6) is 0 Å². The Morgan fingerprint density at radius 3 is 2.76 bits per heavy atom. The molecule has 17 heavy (non-hydrogen) atoms. The fourth-order valence-corrected chi connectivity index (χ4v) is 7.30. The summed E-state index contributed by atoms with van der Waals surface area (Å²) in [5, 5.41) is 0.401. The van der Waals surface area contributed by atoms with Gasteiger partial charge in [0.05, 0.1) is 0 Å². The second kappa shape index (κ2) is 6.09. The lowest BCUT2D eigenvalue weighted by atomic mass is 10.1. The van der Waals surface area contributed by atoms with Crippen molar-refractivity contribution in [3.05, 3.63) is 29.8 Å². The summed E-state index contributed by atoms with van der Waals surface area (Å²) in [7, 11) is 3.28. The molecule has 1 aromatic rings. The van der Waals surface area contributed by atoms with Crippen molar-refractivity contribution in [1.29, 1.82) is 0 Å². The zero-order valence-corrected chi connectivity index (χ0v) is 13.1. The molecule has 0 saturated heterocycles. The van der Waals surface area contributed by atoms with Crippen LogP contribution in [-0.4, -0.2) is 20.0 Å². The Morgan fingerprint density at radius 1 is 1.35 bits per heavy atom. The van der Waals surface area contributed by atoms with Gasteiger partial charge in [0.25, 0.3) is 0 Å². The number of benzene rings is 1. The van der Waals surface area contributed by atoms with Crippen LogP contribution in [-0.2, 0) is 20.9 Å². The van der Waals surface area contributed by atoms with Gasteiger partial charge in [-0.25, -0.2) is 0 Å². The molecule has 0 aromatic heterocycles. The quantitative estimate of drug-likeness (QED) is 0.762. The molecule has 0 radical (unpaired) electrons. The van der Waals surface area contributed by atoms with Gasteiger partial charge in [-0.1, -0.05) is 29.6 Å². The molecule has 0 saturated carbocycles. The van der Waals surface area contributed by atoms with Gasteiger partial charge >= 0.3 is 0 Å². The number of rotatable bonds is 4. The van der Waals surface area contributed by atoms with E-state index >= 15 is 0 Å². The van der Waals surface area contributed by atoms with E-state index in [0.29, 0.717) is 5.25 Å². The topological polar surface area (TPSA) is 18.5 Å². The highest BCUT2D eigenvalue weighted by Gasteiger charge is 2.28. The van der Waals surface area contributed by atoms with E-state index in [1.807, 2.05) is 11.8 Å². The number of hydrogen-bond acceptors (Lipinski definition) is 5. The van der Waals surface area contributed by atoms with Crippen LogP contribution in [0.25, 0.3) is 0 Å². The summed E-state index contributed by atoms with van der Waals surface area (Å²) in [6, 6.07) is 8.53. The summed E-state index contributed by atoms with van der Waals surface area (Å²) in [5.74, 6) is 1.14. The molecule has 1 atom stereocenters. The maximum Gasteiger partial charge on any atom is 0.247 e. The highest BCUT2D eigenvalue weighted by atomic mass is 32.9. The monoisotopic (exact) mass is 306 g/mol. The van der Waals surface area contributed by atoms with Gasteiger partial charge in [-0.05, 0) is 35.6 Å². The molecular weight excluding hydrogens is 291 g/mol. The van der Waals surface area contributed by atoms with Gasteiger partial charge in [0.2, 0.25) is 5.69 Å². The van der Waals surface area contributed by atoms with E-state index in [9.17, 15) is 0 Å². The minimum atomic E-state index is -2.16. The summed E-state index contributed by atoms with van der Waals surface area (Å²) in [5.41, 5.74) is -0.792. The Balaban J connectivity index is 2.22. The Bertz CT molecular complexity index is 430. The maximum absolute atomic E-state index is 5.44. The fraction of sp³-hybridized carbons (Fsp3) is 0.455. The van der Waals surface area contributed by atoms with Gasteiger partial charge < -0.3 is 9.05 Å². The zero-order chi connectivity index (χ0) is 12.3. The van der Waals surface area contributed by atoms with E-state index in [1.54, 1.807) is 25.6 Å². The van der Waals surface area contributed by atoms with Crippen LogP contribution < -0.4 is 0 Å². The lowest BCUT2D eigenvalue weighted by Crippen LogP contribution is -2.04. The molecule has 94 valence electrons. The maximum atomic E-state index is 5.44. The van der Waals surface area contributed by atoms with Crippen LogP contribution in [0.2, 0.25) is 0 Å². The third-order valence-corrected chi connectivity index (χ3v) is 9.73. The SMILES string of the molecule is COP(=S)(OC)SC1CCSc2ccccc21. The van der Waals surface area contributed by atoms with Gasteiger partial charge in [-0.2, -0.15) is 0 Å². The Kier molecular flexibility index (Phi) is 4.98. The highest BCUT2D eigenvalue weighted by Crippen LogP contribution is 2.66. The van der Waals surface area contributed by atoms with Crippen LogP contribution in [0.4, 0.5) is 0 Å². The first-order valence-corrected chi connectivity index (χ1v) is 10.4. The van der Waals surface area contributed by atoms with Crippen LogP contribution in [0.1, 0.15) is 17.2 Å². The smallest absolute Gasteiger partial charge is 0.247 e. The van der Waals surface area contributed by atoms with E-state index < -0.39 is 5.69 Å². The lowest BCUT2D eigenvalue weighted by molar-refractivity contribution is 0.353. The minimum Gasteiger partial charge on any atom is -0.325 e. The molecule has 2 nitrogen and oxygen atoms in total. The molecule has 0 fully saturated rings. The molecule has 1 aliphatic heterocycles. The van der Waals surface area contributed by atoms with Gasteiger partial charge in [-0.15, -0.1) is 11.8 Å². The normalized spacial score (nSPS) is 20.0. The summed E-state index contributed by atoms with van der Waals surface area (Å²) in [4.78, 5) is 1.37. The molecule has 0 N–H and O–H groups in total. The molecular formula is C11H15O2PS3. The first kappa shape index (κ1) is 13.9. The van der Waals surface area contributed by atoms with Crippen LogP contribution in [0.3, 0.4) is 0 Å². The van der Waals surface area contributed by atoms with Crippen molar-refractivity contribution in [2.45, 2.75) is 16.6 Å². The summed E-state index contributed by atoms with van der Waals surface area (Å²) in [6.45, 7) is 0. The minimum absolute atomic E-state index is 0.401. The first-order valence-electron chi connectivity index (χ1n) is 5.30. The number of thioether (sulfide) groups is 1. The predicted molar refractivity (Wildman–Crippen MR) is 80.4 cm³/mol. The van der Waals surface area contributed by atoms with E-state index in [-0.39, 0.29) is 0 Å². The molecule has 1 heterocycles. The van der Waals surface area contributed by atoms with E-state index in [0.717, 1.165) is 12.2 Å². The second-order valence-electron chi connectivity index (χ2n) is 3.58. The summed E-state index contributed by atoms with van der Waals surface area (Å²) < 4.78 is 10.7. The molecule has 2 rings (SSSR count). The van der Waals surface area contributed by atoms with Crippen molar-refractivity contribution >= 4 is 40.6 Å². The average Bonchev–Trinajstić information content (AvgIpc) is 2.39. The summed E-state index contributed by atoms with van der Waals surface area (Å²) >= 11 is 9.03. The molecule has 0 bridgehead atoms. The third-order valence-electron chi connectivity index (χ3n) is 2.61. The van der Waals surface area contributed by atoms with Gasteiger partial charge in [0.15, 0.2) is 0 Å². The van der Waals surface area contributed by atoms with Crippen molar-refractivity contribution in [3.63, 3.8) is 0 Å². The molecule has 0 spiro atoms. The van der Waals surface area contributed by atoms with Crippen molar-refractivity contribution in [2.24, 2.45) is 0 Å². The van der Waals surface area contributed by atoms with E-state index in [1.165, 1.54) is 10.5 Å². The van der Waals surface area contributed by atoms with E-state index in [4.69, 9.17) is 20.9 Å². The van der Waals surface area contributed by atoms with Crippen molar-refractivity contribution in [2.75, 3.05) is 20.0 Å². The Hall–Kier alpha value is 0.490. The fourth-order valence-electron chi connectivity index (χ4n) is 1.74. The number of hydrogen-bond donors (Lipinski definition) is 0. The van der Waals surface area contributed by atoms with Crippen molar-refractivity contribution < 1.29 is 9.05 Å². The number of fused-ring (bicyclic) bond motifs is 1. The van der Waals surface area contributed by atoms with Gasteiger partial charge in [-0.3, -0.25) is 0 Å². The first-order chi connectivity index (χ1) is 8.18. The molecule has 0 aliphatic carbocycles. The molecule has 1 aromatic carbocycles. The van der Waals surface area contributed by atoms with E-state index in [2.05, 4.69) is 24.3 Å². The van der Waals surface area contributed by atoms with Crippen LogP contribution >= 0.6 is 28.8 Å². The van der Waals surface area contributed by atoms with Gasteiger partial charge in [0, 0.05) is 24.4 Å². The zero-order valence-electron chi connectivity index (χ0n) is 9.79. The Labute approximate surface area is 116 Å². The third kappa shape index (κ3) is 3.28. The van der Waals surface area contributed by atoms with Gasteiger partial charge in [0.1, 0.15) is 0 Å². The van der Waals surface area contributed by atoms with Crippen LogP contribution in [0, 0.1) is 0 Å². The lowest BCUT2D eigenvalue weighted by Gasteiger charge is -2.28. The van der Waals surface area contributed by atoms with Crippen molar-refractivity contribution in [3.8, 4) is 0 Å². The molecule has 0 amide bonds. The standard InChI is InChI=1S/C11H15O2PS3/c1-12-14(15,13-2)17-11-7-8-16-10-6-4-3-5-9(10)11/h3-6,11H,7-8H2,1-2H3. The van der Waals surface area contributed by atoms with Crippen LogP contribution in [0.15, 0.2) is 29.2 Å². The second-order valence-corrected chi connectivity index (χ2v) is 11.3. The largest absolute Gasteiger partial charge is 0.325 e. The highest BCUT2D eigenvalue weighted by molar-refractivity contribution is 8.67. The summed E-state index contributed by atoms with van der Waals surface area (Å²) in [6.07, 6.45) is 1.12. The van der Waals surface area contributed by atoms with Crippen molar-refractivity contribution in [1.82, 2.24) is 0 Å². The molecule has 6 heteroatoms. The molecule has 1 unspecified atom stereocenters. The predicted octanol–water partition coefficient (Wildman–Crippen LogP) is 4.47. The molecule has 1 aliphatic rings. The Morgan fingerprint density at radius 2 is 2.06 bits per heavy atom. The average molecular weight is 306 g/mol.